The maximum atomic E-state index is 13.4. The topological polar surface area (TPSA) is 84.3 Å². The maximum absolute atomic E-state index is 13.4. The van der Waals surface area contributed by atoms with Crippen LogP contribution in [0.4, 0.5) is 0 Å². The summed E-state index contributed by atoms with van der Waals surface area (Å²) in [5.74, 6) is 0.0315. The van der Waals surface area contributed by atoms with E-state index >= 15 is 0 Å². The van der Waals surface area contributed by atoms with Crippen LogP contribution in [-0.4, -0.2) is 46.4 Å². The standard InChI is InChI=1S/C22H32N4O3S2/c1-16-18-15-19(30-21(18)26(24-16)17-9-4-2-5-10-17)20(27)23-22(11-6-3-7-12-22)25-13-8-14-31(25,28)29/h15,17H,2-14H2,1H3,(H,23,27). The van der Waals surface area contributed by atoms with Crippen molar-refractivity contribution in [1.29, 1.82) is 0 Å². The first-order chi connectivity index (χ1) is 14.9. The number of nitrogens with one attached hydrogen (secondary N) is 1. The molecule has 5 rings (SSSR count). The average Bonchev–Trinajstić information content (AvgIpc) is 3.44. The first-order valence-corrected chi connectivity index (χ1v) is 14.1. The number of carbonyl (C=O) groups is 1. The molecule has 1 saturated heterocycles. The van der Waals surface area contributed by atoms with Crippen LogP contribution in [-0.2, 0) is 10.0 Å². The first-order valence-electron chi connectivity index (χ1n) is 11.7. The van der Waals surface area contributed by atoms with Gasteiger partial charge >= 0.3 is 0 Å². The van der Waals surface area contributed by atoms with Crippen LogP contribution < -0.4 is 5.32 Å². The second-order valence-electron chi connectivity index (χ2n) is 9.44. The van der Waals surface area contributed by atoms with Gasteiger partial charge in [-0.3, -0.25) is 9.48 Å². The minimum Gasteiger partial charge on any atom is -0.332 e. The highest BCUT2D eigenvalue weighted by molar-refractivity contribution is 7.89. The van der Waals surface area contributed by atoms with Gasteiger partial charge in [0.05, 0.1) is 22.4 Å². The van der Waals surface area contributed by atoms with Gasteiger partial charge in [0.25, 0.3) is 5.91 Å². The molecule has 0 bridgehead atoms. The van der Waals surface area contributed by atoms with E-state index in [0.717, 1.165) is 48.0 Å². The van der Waals surface area contributed by atoms with E-state index in [9.17, 15) is 13.2 Å². The van der Waals surface area contributed by atoms with Gasteiger partial charge in [-0.15, -0.1) is 11.3 Å². The van der Waals surface area contributed by atoms with Gasteiger partial charge in [0, 0.05) is 11.9 Å². The Labute approximate surface area is 188 Å². The van der Waals surface area contributed by atoms with E-state index in [2.05, 4.69) is 10.00 Å². The molecule has 9 heteroatoms. The van der Waals surface area contributed by atoms with Crippen LogP contribution in [0, 0.1) is 6.92 Å². The molecule has 170 valence electrons. The Morgan fingerprint density at radius 3 is 2.52 bits per heavy atom. The smallest absolute Gasteiger partial charge is 0.262 e. The Morgan fingerprint density at radius 1 is 1.13 bits per heavy atom. The SMILES string of the molecule is Cc1nn(C2CCCCC2)c2sc(C(=O)NC3(N4CCCS4(=O)=O)CCCCC3)cc12. The van der Waals surface area contributed by atoms with Gasteiger partial charge in [0.2, 0.25) is 10.0 Å². The monoisotopic (exact) mass is 464 g/mol. The van der Waals surface area contributed by atoms with Crippen molar-refractivity contribution in [3.8, 4) is 0 Å². The Kier molecular flexibility index (Phi) is 5.63. The number of fused-ring (bicyclic) bond motifs is 1. The third kappa shape index (κ3) is 3.82. The fraction of sp³-hybridized carbons (Fsp3) is 0.727. The Bertz CT molecular complexity index is 1080. The lowest BCUT2D eigenvalue weighted by Crippen LogP contribution is -2.61. The van der Waals surface area contributed by atoms with Crippen LogP contribution in [0.25, 0.3) is 10.2 Å². The van der Waals surface area contributed by atoms with Crippen LogP contribution in [0.15, 0.2) is 6.07 Å². The van der Waals surface area contributed by atoms with E-state index < -0.39 is 15.7 Å². The fourth-order valence-corrected chi connectivity index (χ4v) is 8.73. The zero-order chi connectivity index (χ0) is 21.6. The van der Waals surface area contributed by atoms with Crippen molar-refractivity contribution in [2.24, 2.45) is 0 Å². The molecule has 31 heavy (non-hydrogen) atoms. The number of sulfonamides is 1. The largest absolute Gasteiger partial charge is 0.332 e. The summed E-state index contributed by atoms with van der Waals surface area (Å²) in [6, 6.07) is 2.37. The second-order valence-corrected chi connectivity index (χ2v) is 12.5. The molecule has 0 atom stereocenters. The average molecular weight is 465 g/mol. The van der Waals surface area contributed by atoms with Crippen LogP contribution in [0.2, 0.25) is 0 Å². The molecule has 0 unspecified atom stereocenters. The highest BCUT2D eigenvalue weighted by Gasteiger charge is 2.47. The third-order valence-electron chi connectivity index (χ3n) is 7.32. The van der Waals surface area contributed by atoms with Crippen molar-refractivity contribution in [3.05, 3.63) is 16.6 Å². The van der Waals surface area contributed by atoms with Crippen molar-refractivity contribution in [2.75, 3.05) is 12.3 Å². The van der Waals surface area contributed by atoms with E-state index in [4.69, 9.17) is 5.10 Å². The summed E-state index contributed by atoms with van der Waals surface area (Å²) in [6.45, 7) is 2.51. The summed E-state index contributed by atoms with van der Waals surface area (Å²) in [5.41, 5.74) is 0.191. The van der Waals surface area contributed by atoms with Gasteiger partial charge in [0.1, 0.15) is 10.5 Å². The third-order valence-corrected chi connectivity index (χ3v) is 10.4. The number of carbonyl (C=O) groups excluding carboxylic acids is 1. The summed E-state index contributed by atoms with van der Waals surface area (Å²) >= 11 is 1.50. The number of nitrogens with zero attached hydrogens (tertiary/aromatic N) is 3. The van der Waals surface area contributed by atoms with Gasteiger partial charge in [-0.2, -0.15) is 9.40 Å². The number of amides is 1. The van der Waals surface area contributed by atoms with E-state index in [-0.39, 0.29) is 11.7 Å². The van der Waals surface area contributed by atoms with E-state index in [0.29, 0.717) is 36.7 Å². The lowest BCUT2D eigenvalue weighted by Gasteiger charge is -2.43. The first kappa shape index (κ1) is 21.4. The Morgan fingerprint density at radius 2 is 1.84 bits per heavy atom. The molecular formula is C22H32N4O3S2. The van der Waals surface area contributed by atoms with Crippen molar-refractivity contribution in [3.63, 3.8) is 0 Å². The molecule has 1 amide bonds. The minimum absolute atomic E-state index is 0.153. The molecule has 3 heterocycles. The van der Waals surface area contributed by atoms with Gasteiger partial charge < -0.3 is 5.32 Å². The second kappa shape index (κ2) is 8.15. The minimum atomic E-state index is -3.31. The van der Waals surface area contributed by atoms with Crippen LogP contribution in [0.1, 0.15) is 92.0 Å². The quantitative estimate of drug-likeness (QED) is 0.730. The fourth-order valence-electron chi connectivity index (χ4n) is 5.72. The summed E-state index contributed by atoms with van der Waals surface area (Å²) in [6.07, 6.45) is 11.0. The lowest BCUT2D eigenvalue weighted by atomic mass is 9.88. The van der Waals surface area contributed by atoms with Crippen molar-refractivity contribution >= 4 is 37.5 Å². The number of aryl methyl sites for hydroxylation is 1. The normalized spacial score (nSPS) is 24.5. The van der Waals surface area contributed by atoms with Crippen LogP contribution >= 0.6 is 11.3 Å². The number of aromatic nitrogens is 2. The summed E-state index contributed by atoms with van der Waals surface area (Å²) in [5, 5.41) is 9.05. The highest BCUT2D eigenvalue weighted by atomic mass is 32.2. The number of rotatable bonds is 4. The van der Waals surface area contributed by atoms with Crippen molar-refractivity contribution in [1.82, 2.24) is 19.4 Å². The maximum Gasteiger partial charge on any atom is 0.262 e. The molecule has 0 spiro atoms. The highest BCUT2D eigenvalue weighted by Crippen LogP contribution is 2.38. The van der Waals surface area contributed by atoms with Gasteiger partial charge in [-0.25, -0.2) is 8.42 Å². The molecule has 3 aliphatic rings. The van der Waals surface area contributed by atoms with Gasteiger partial charge in [-0.1, -0.05) is 25.7 Å². The van der Waals surface area contributed by atoms with E-state index in [1.807, 2.05) is 13.0 Å². The molecule has 2 aliphatic carbocycles. The molecule has 7 nitrogen and oxygen atoms in total. The molecule has 1 N–H and O–H groups in total. The molecule has 1 aliphatic heterocycles. The predicted octanol–water partition coefficient (Wildman–Crippen LogP) is 4.34. The molecule has 2 aromatic rings. The van der Waals surface area contributed by atoms with Crippen molar-refractivity contribution in [2.45, 2.75) is 89.3 Å². The van der Waals surface area contributed by atoms with Gasteiger partial charge in [-0.05, 0) is 57.9 Å². The molecule has 0 aromatic carbocycles. The molecule has 2 saturated carbocycles. The van der Waals surface area contributed by atoms with E-state index in [1.165, 1.54) is 30.6 Å². The summed E-state index contributed by atoms with van der Waals surface area (Å²) < 4.78 is 29.2. The zero-order valence-electron chi connectivity index (χ0n) is 18.2. The summed E-state index contributed by atoms with van der Waals surface area (Å²) in [4.78, 5) is 15.1. The Hall–Kier alpha value is -1.45. The molecule has 0 radical (unpaired) electrons. The number of hydrogen-bond acceptors (Lipinski definition) is 5. The predicted molar refractivity (Wildman–Crippen MR) is 123 cm³/mol. The molecule has 2 aromatic heterocycles. The van der Waals surface area contributed by atoms with Gasteiger partial charge in [0.15, 0.2) is 0 Å². The number of hydrogen-bond donors (Lipinski definition) is 1. The zero-order valence-corrected chi connectivity index (χ0v) is 19.9. The van der Waals surface area contributed by atoms with Crippen LogP contribution in [0.5, 0.6) is 0 Å². The number of thiophene rings is 1. The van der Waals surface area contributed by atoms with Crippen molar-refractivity contribution < 1.29 is 13.2 Å². The van der Waals surface area contributed by atoms with E-state index in [1.54, 1.807) is 4.31 Å². The molecular weight excluding hydrogens is 432 g/mol. The summed E-state index contributed by atoms with van der Waals surface area (Å²) in [7, 11) is -3.31. The van der Waals surface area contributed by atoms with Crippen LogP contribution in [0.3, 0.4) is 0 Å². The lowest BCUT2D eigenvalue weighted by molar-refractivity contribution is 0.0661. The Balaban J connectivity index is 1.45. The molecule has 3 fully saturated rings.